The van der Waals surface area contributed by atoms with E-state index in [1.54, 1.807) is 0 Å². The number of nitro groups is 1. The molecule has 0 aliphatic rings. The van der Waals surface area contributed by atoms with Gasteiger partial charge in [0.25, 0.3) is 5.69 Å². The fourth-order valence-electron chi connectivity index (χ4n) is 1.44. The van der Waals surface area contributed by atoms with Gasteiger partial charge >= 0.3 is 5.97 Å². The van der Waals surface area contributed by atoms with Gasteiger partial charge in [-0.2, -0.15) is 0 Å². The molecule has 0 N–H and O–H groups in total. The van der Waals surface area contributed by atoms with Gasteiger partial charge < -0.3 is 4.74 Å². The van der Waals surface area contributed by atoms with Crippen LogP contribution >= 0.6 is 0 Å². The Morgan fingerprint density at radius 1 is 1.42 bits per heavy atom. The number of carbonyl (C=O) groups excluding carboxylic acids is 1. The molecule has 0 radical (unpaired) electrons. The highest BCUT2D eigenvalue weighted by molar-refractivity contribution is 5.70. The summed E-state index contributed by atoms with van der Waals surface area (Å²) >= 11 is 0. The van der Waals surface area contributed by atoms with E-state index < -0.39 is 10.9 Å². The second kappa shape index (κ2) is 5.21. The van der Waals surface area contributed by atoms with Crippen LogP contribution in [0.2, 0.25) is 0 Å². The highest BCUT2D eigenvalue weighted by atomic mass is 16.6. The molecular weight excluding hydrogens is 254 g/mol. The van der Waals surface area contributed by atoms with Crippen LogP contribution in [0.3, 0.4) is 0 Å². The van der Waals surface area contributed by atoms with Gasteiger partial charge in [-0.25, -0.2) is 4.68 Å². The zero-order valence-corrected chi connectivity index (χ0v) is 9.89. The summed E-state index contributed by atoms with van der Waals surface area (Å²) in [6.45, 7) is -0.129. The van der Waals surface area contributed by atoms with Crippen molar-refractivity contribution in [1.82, 2.24) is 20.2 Å². The minimum Gasteiger partial charge on any atom is -0.468 e. The molecule has 0 unspecified atom stereocenters. The number of hydrogen-bond donors (Lipinski definition) is 0. The van der Waals surface area contributed by atoms with Gasteiger partial charge in [0.05, 0.1) is 12.0 Å². The maximum absolute atomic E-state index is 11.2. The van der Waals surface area contributed by atoms with Crippen LogP contribution in [0.5, 0.6) is 0 Å². The normalized spacial score (nSPS) is 10.2. The predicted molar refractivity (Wildman–Crippen MR) is 61.9 cm³/mol. The molecule has 19 heavy (non-hydrogen) atoms. The lowest BCUT2D eigenvalue weighted by Gasteiger charge is -2.02. The maximum atomic E-state index is 11.2. The predicted octanol–water partition coefficient (Wildman–Crippen LogP) is 0.421. The number of hydrogen-bond acceptors (Lipinski definition) is 7. The minimum absolute atomic E-state index is 0.0317. The maximum Gasteiger partial charge on any atom is 0.327 e. The lowest BCUT2D eigenvalue weighted by molar-refractivity contribution is -0.384. The molecule has 0 aliphatic heterocycles. The number of rotatable bonds is 4. The van der Waals surface area contributed by atoms with Gasteiger partial charge in [0.1, 0.15) is 6.54 Å². The van der Waals surface area contributed by atoms with Gasteiger partial charge in [-0.05, 0) is 22.6 Å². The van der Waals surface area contributed by atoms with Crippen LogP contribution in [0.4, 0.5) is 5.69 Å². The fourth-order valence-corrected chi connectivity index (χ4v) is 1.44. The minimum atomic E-state index is -0.499. The molecule has 0 fully saturated rings. The summed E-state index contributed by atoms with van der Waals surface area (Å²) in [7, 11) is 1.26. The number of ether oxygens (including phenoxy) is 1. The molecule has 0 atom stereocenters. The Labute approximate surface area is 106 Å². The number of tetrazole rings is 1. The Morgan fingerprint density at radius 3 is 2.68 bits per heavy atom. The summed E-state index contributed by atoms with van der Waals surface area (Å²) in [6.07, 6.45) is 0. The average molecular weight is 263 g/mol. The second-order valence-electron chi connectivity index (χ2n) is 3.54. The number of nitrogens with zero attached hydrogens (tertiary/aromatic N) is 5. The van der Waals surface area contributed by atoms with Crippen molar-refractivity contribution in [2.24, 2.45) is 0 Å². The largest absolute Gasteiger partial charge is 0.468 e. The van der Waals surface area contributed by atoms with Crippen molar-refractivity contribution < 1.29 is 14.5 Å². The van der Waals surface area contributed by atoms with E-state index >= 15 is 0 Å². The van der Waals surface area contributed by atoms with E-state index in [-0.39, 0.29) is 12.2 Å². The van der Waals surface area contributed by atoms with Gasteiger partial charge in [-0.15, -0.1) is 5.10 Å². The second-order valence-corrected chi connectivity index (χ2v) is 3.54. The zero-order chi connectivity index (χ0) is 13.8. The van der Waals surface area contributed by atoms with Gasteiger partial charge in [0, 0.05) is 17.7 Å². The topological polar surface area (TPSA) is 113 Å². The molecule has 2 rings (SSSR count). The molecule has 0 aliphatic carbocycles. The summed E-state index contributed by atoms with van der Waals surface area (Å²) in [4.78, 5) is 21.2. The molecule has 9 heteroatoms. The molecule has 2 aromatic rings. The van der Waals surface area contributed by atoms with E-state index in [0.717, 1.165) is 0 Å². The van der Waals surface area contributed by atoms with E-state index in [9.17, 15) is 14.9 Å². The number of non-ortho nitro benzene ring substituents is 1. The van der Waals surface area contributed by atoms with Crippen LogP contribution in [0.25, 0.3) is 11.4 Å². The zero-order valence-electron chi connectivity index (χ0n) is 9.89. The molecular formula is C10H9N5O4. The molecule has 98 valence electrons. The SMILES string of the molecule is COC(=O)Cn1nnnc1-c1ccc([N+](=O)[O-])cc1. The monoisotopic (exact) mass is 263 g/mol. The number of methoxy groups -OCH3 is 1. The lowest BCUT2D eigenvalue weighted by Crippen LogP contribution is -2.14. The molecule has 0 bridgehead atoms. The van der Waals surface area contributed by atoms with E-state index in [4.69, 9.17) is 0 Å². The Balaban J connectivity index is 2.29. The van der Waals surface area contributed by atoms with Crippen molar-refractivity contribution in [3.8, 4) is 11.4 Å². The number of benzene rings is 1. The third kappa shape index (κ3) is 2.70. The molecule has 0 saturated heterocycles. The number of carbonyl (C=O) groups is 1. The van der Waals surface area contributed by atoms with Crippen molar-refractivity contribution in [3.05, 3.63) is 34.4 Å². The Bertz CT molecular complexity index is 607. The Morgan fingerprint density at radius 2 is 2.11 bits per heavy atom. The van der Waals surface area contributed by atoms with Crippen molar-refractivity contribution >= 4 is 11.7 Å². The van der Waals surface area contributed by atoms with Crippen LogP contribution in [0.1, 0.15) is 0 Å². The number of aromatic nitrogens is 4. The Hall–Kier alpha value is -2.84. The van der Waals surface area contributed by atoms with Crippen LogP contribution in [0, 0.1) is 10.1 Å². The van der Waals surface area contributed by atoms with Gasteiger partial charge in [-0.1, -0.05) is 0 Å². The molecule has 1 aromatic carbocycles. The third-order valence-electron chi connectivity index (χ3n) is 2.37. The number of esters is 1. The first-order chi connectivity index (χ1) is 9.11. The first-order valence-corrected chi connectivity index (χ1v) is 5.19. The van der Waals surface area contributed by atoms with Crippen molar-refractivity contribution in [2.75, 3.05) is 7.11 Å². The first-order valence-electron chi connectivity index (χ1n) is 5.19. The summed E-state index contributed by atoms with van der Waals surface area (Å²) in [5.41, 5.74) is 0.537. The third-order valence-corrected chi connectivity index (χ3v) is 2.37. The fraction of sp³-hybridized carbons (Fsp3) is 0.200. The lowest BCUT2D eigenvalue weighted by atomic mass is 10.2. The van der Waals surface area contributed by atoms with Crippen LogP contribution in [0.15, 0.2) is 24.3 Å². The molecule has 1 aromatic heterocycles. The molecule has 9 nitrogen and oxygen atoms in total. The molecule has 0 amide bonds. The van der Waals surface area contributed by atoms with Crippen LogP contribution < -0.4 is 0 Å². The molecule has 1 heterocycles. The van der Waals surface area contributed by atoms with E-state index in [2.05, 4.69) is 20.3 Å². The first kappa shape index (κ1) is 12.6. The van der Waals surface area contributed by atoms with Crippen molar-refractivity contribution in [2.45, 2.75) is 6.54 Å². The smallest absolute Gasteiger partial charge is 0.327 e. The quantitative estimate of drug-likeness (QED) is 0.446. The summed E-state index contributed by atoms with van der Waals surface area (Å²) in [5.74, 6) is -0.157. The van der Waals surface area contributed by atoms with Gasteiger partial charge in [0.15, 0.2) is 5.82 Å². The Kier molecular flexibility index (Phi) is 3.46. The summed E-state index contributed by atoms with van der Waals surface area (Å²) in [6, 6.07) is 5.70. The highest BCUT2D eigenvalue weighted by Crippen LogP contribution is 2.19. The van der Waals surface area contributed by atoms with Crippen LogP contribution in [-0.2, 0) is 16.1 Å². The van der Waals surface area contributed by atoms with Crippen molar-refractivity contribution in [1.29, 1.82) is 0 Å². The van der Waals surface area contributed by atoms with E-state index in [1.807, 2.05) is 0 Å². The summed E-state index contributed by atoms with van der Waals surface area (Å²) in [5, 5.41) is 21.4. The van der Waals surface area contributed by atoms with Crippen LogP contribution in [-0.4, -0.2) is 38.2 Å². The molecule has 0 saturated carbocycles. The van der Waals surface area contributed by atoms with E-state index in [1.165, 1.54) is 36.1 Å². The standard InChI is InChI=1S/C10H9N5O4/c1-19-9(16)6-14-10(11-12-13-14)7-2-4-8(5-3-7)15(17)18/h2-5H,6H2,1H3. The van der Waals surface area contributed by atoms with E-state index in [0.29, 0.717) is 11.4 Å². The van der Waals surface area contributed by atoms with Gasteiger partial charge in [-0.3, -0.25) is 14.9 Å². The van der Waals surface area contributed by atoms with Gasteiger partial charge in [0.2, 0.25) is 0 Å². The highest BCUT2D eigenvalue weighted by Gasteiger charge is 2.13. The molecule has 0 spiro atoms. The summed E-state index contributed by atoms with van der Waals surface area (Å²) < 4.78 is 5.78. The van der Waals surface area contributed by atoms with Crippen molar-refractivity contribution in [3.63, 3.8) is 0 Å². The number of nitro benzene ring substituents is 1. The average Bonchev–Trinajstić information content (AvgIpc) is 2.86.